The van der Waals surface area contributed by atoms with Crippen molar-refractivity contribution in [2.24, 2.45) is 11.8 Å². The van der Waals surface area contributed by atoms with Gasteiger partial charge in [-0.15, -0.1) is 10.2 Å². The summed E-state index contributed by atoms with van der Waals surface area (Å²) < 4.78 is 84.5. The highest BCUT2D eigenvalue weighted by Gasteiger charge is 2.48. The van der Waals surface area contributed by atoms with Crippen LogP contribution in [-0.2, 0) is 0 Å². The number of Topliss-reactive ketones (excluding diaryl/α,β-unsaturated/α-hetero) is 2. The number of alkyl halides is 4. The van der Waals surface area contributed by atoms with E-state index in [4.69, 9.17) is 0 Å². The normalized spacial score (nSPS) is 29.4. The van der Waals surface area contributed by atoms with Crippen molar-refractivity contribution in [1.29, 1.82) is 0 Å². The van der Waals surface area contributed by atoms with Crippen LogP contribution in [0.2, 0.25) is 0 Å². The van der Waals surface area contributed by atoms with Crippen molar-refractivity contribution in [3.8, 4) is 0 Å². The standard InChI is InChI=1S/2C15H12F3N3O/c2*16-9-4-2-1-3-7(9)12-6-11(18)15-19-14(20-21(12)15)13(22)8-5-10(8)17/h2*1-4,8,10-12H,5-6H2/t8-,10-,11+,12+;8-,10-,11-,12-/m10/s1. The monoisotopic (exact) mass is 614 g/mol. The molecule has 2 saturated carbocycles. The number of halogens is 6. The third-order valence-electron chi connectivity index (χ3n) is 8.39. The SMILES string of the molecule is O=C(c1nc2n(n1)[C@H](c1ccccc1F)C[C@@H]2F)[C@@H]1C[C@H]1F.O=C(c1nc2n(n1)[C@H](c1ccccc1F)C[C@@H]2F)[C@H]1C[C@@H]1F. The van der Waals surface area contributed by atoms with Crippen LogP contribution in [0.15, 0.2) is 48.5 Å². The molecule has 8 atom stereocenters. The minimum Gasteiger partial charge on any atom is -0.290 e. The van der Waals surface area contributed by atoms with Crippen molar-refractivity contribution < 1.29 is 35.9 Å². The number of rotatable bonds is 6. The summed E-state index contributed by atoms with van der Waals surface area (Å²) in [6.07, 6.45) is -4.77. The lowest BCUT2D eigenvalue weighted by atomic mass is 10.0. The second-order valence-electron chi connectivity index (χ2n) is 11.4. The third-order valence-corrected chi connectivity index (χ3v) is 8.39. The van der Waals surface area contributed by atoms with Crippen LogP contribution in [0.5, 0.6) is 0 Å². The maximum absolute atomic E-state index is 14.1. The summed E-state index contributed by atoms with van der Waals surface area (Å²) in [7, 11) is 0. The van der Waals surface area contributed by atoms with E-state index in [1.165, 1.54) is 21.5 Å². The van der Waals surface area contributed by atoms with Crippen LogP contribution in [-0.4, -0.2) is 53.4 Å². The van der Waals surface area contributed by atoms with Gasteiger partial charge in [-0.3, -0.25) is 9.59 Å². The summed E-state index contributed by atoms with van der Waals surface area (Å²) in [5.74, 6) is -3.69. The molecule has 14 heteroatoms. The molecule has 0 spiro atoms. The van der Waals surface area contributed by atoms with E-state index in [0.29, 0.717) is 11.1 Å². The fourth-order valence-electron chi connectivity index (χ4n) is 5.78. The van der Waals surface area contributed by atoms with Gasteiger partial charge in [0.1, 0.15) is 24.0 Å². The zero-order valence-corrected chi connectivity index (χ0v) is 22.8. The van der Waals surface area contributed by atoms with Crippen molar-refractivity contribution in [2.75, 3.05) is 0 Å². The Morgan fingerprint density at radius 3 is 1.32 bits per heavy atom. The molecule has 44 heavy (non-hydrogen) atoms. The number of fused-ring (bicyclic) bond motifs is 2. The van der Waals surface area contributed by atoms with Gasteiger partial charge in [-0.2, -0.15) is 0 Å². The van der Waals surface area contributed by atoms with E-state index < -0.39 is 71.8 Å². The second-order valence-corrected chi connectivity index (χ2v) is 11.4. The summed E-state index contributed by atoms with van der Waals surface area (Å²) in [5, 5.41) is 8.04. The highest BCUT2D eigenvalue weighted by Crippen LogP contribution is 2.43. The molecule has 0 saturated heterocycles. The molecule has 4 heterocycles. The minimum absolute atomic E-state index is 0.00709. The molecule has 0 unspecified atom stereocenters. The van der Waals surface area contributed by atoms with Crippen molar-refractivity contribution in [1.82, 2.24) is 29.5 Å². The summed E-state index contributed by atoms with van der Waals surface area (Å²) in [4.78, 5) is 31.8. The molecule has 2 fully saturated rings. The quantitative estimate of drug-likeness (QED) is 0.198. The molecule has 0 radical (unpaired) electrons. The predicted octanol–water partition coefficient (Wildman–Crippen LogP) is 5.92. The van der Waals surface area contributed by atoms with E-state index in [9.17, 15) is 35.9 Å². The molecule has 2 aliphatic carbocycles. The highest BCUT2D eigenvalue weighted by molar-refractivity contribution is 5.97. The van der Waals surface area contributed by atoms with Gasteiger partial charge in [-0.25, -0.2) is 45.7 Å². The number of ketones is 2. The van der Waals surface area contributed by atoms with E-state index in [2.05, 4.69) is 20.2 Å². The zero-order chi connectivity index (χ0) is 30.9. The van der Waals surface area contributed by atoms with Crippen molar-refractivity contribution in [2.45, 2.75) is 62.5 Å². The third kappa shape index (κ3) is 4.89. The Balaban J connectivity index is 0.000000142. The first-order chi connectivity index (χ1) is 21.1. The smallest absolute Gasteiger partial charge is 0.218 e. The lowest BCUT2D eigenvalue weighted by Gasteiger charge is -2.12. The molecular weight excluding hydrogens is 590 g/mol. The van der Waals surface area contributed by atoms with E-state index in [-0.39, 0.29) is 49.0 Å². The molecule has 228 valence electrons. The van der Waals surface area contributed by atoms with Gasteiger partial charge in [0.05, 0.1) is 23.9 Å². The number of aromatic nitrogens is 6. The fraction of sp³-hybridized carbons (Fsp3) is 0.400. The van der Waals surface area contributed by atoms with E-state index >= 15 is 0 Å². The van der Waals surface area contributed by atoms with Gasteiger partial charge in [0.25, 0.3) is 0 Å². The molecule has 8 rings (SSSR count). The molecular formula is C30H24F6N6O2. The van der Waals surface area contributed by atoms with Crippen LogP contribution >= 0.6 is 0 Å². The first-order valence-corrected chi connectivity index (χ1v) is 14.2. The van der Waals surface area contributed by atoms with Crippen LogP contribution in [0.1, 0.15) is 94.1 Å². The van der Waals surface area contributed by atoms with E-state index in [0.717, 1.165) is 0 Å². The van der Waals surface area contributed by atoms with Gasteiger partial charge >= 0.3 is 0 Å². The maximum atomic E-state index is 14.1. The first-order valence-electron chi connectivity index (χ1n) is 14.2. The topological polar surface area (TPSA) is 95.6 Å². The molecule has 4 aromatic rings. The summed E-state index contributed by atoms with van der Waals surface area (Å²) in [6.45, 7) is 0. The van der Waals surface area contributed by atoms with Crippen LogP contribution in [0, 0.1) is 23.5 Å². The number of benzene rings is 2. The lowest BCUT2D eigenvalue weighted by molar-refractivity contribution is 0.0938. The summed E-state index contributed by atoms with van der Waals surface area (Å²) in [6, 6.07) is 10.8. The molecule has 8 nitrogen and oxygen atoms in total. The molecule has 0 amide bonds. The summed E-state index contributed by atoms with van der Waals surface area (Å²) >= 11 is 0. The van der Waals surface area contributed by atoms with Crippen LogP contribution in [0.4, 0.5) is 26.3 Å². The average molecular weight is 615 g/mol. The molecule has 2 aliphatic heterocycles. The minimum atomic E-state index is -1.42. The van der Waals surface area contributed by atoms with Gasteiger partial charge in [0.2, 0.25) is 23.2 Å². The number of carbonyl (C=O) groups excluding carboxylic acids is 2. The Labute approximate surface area is 246 Å². The second kappa shape index (κ2) is 10.7. The van der Waals surface area contributed by atoms with E-state index in [1.54, 1.807) is 36.4 Å². The Morgan fingerprint density at radius 1 is 0.614 bits per heavy atom. The van der Waals surface area contributed by atoms with Gasteiger partial charge in [-0.1, -0.05) is 36.4 Å². The molecule has 0 N–H and O–H groups in total. The van der Waals surface area contributed by atoms with Crippen LogP contribution in [0.25, 0.3) is 0 Å². The van der Waals surface area contributed by atoms with Gasteiger partial charge in [-0.05, 0) is 25.0 Å². The first kappa shape index (κ1) is 28.4. The van der Waals surface area contributed by atoms with Gasteiger partial charge in [0, 0.05) is 24.0 Å². The Hall–Kier alpha value is -4.36. The summed E-state index contributed by atoms with van der Waals surface area (Å²) in [5.41, 5.74) is 0.616. The van der Waals surface area contributed by atoms with Crippen molar-refractivity contribution in [3.05, 3.63) is 94.6 Å². The molecule has 4 aliphatic rings. The molecule has 2 aromatic carbocycles. The maximum Gasteiger partial charge on any atom is 0.218 e. The highest BCUT2D eigenvalue weighted by atomic mass is 19.2. The predicted molar refractivity (Wildman–Crippen MR) is 141 cm³/mol. The van der Waals surface area contributed by atoms with E-state index in [1.807, 2.05) is 0 Å². The number of nitrogens with zero attached hydrogens (tertiary/aromatic N) is 6. The van der Waals surface area contributed by atoms with Crippen molar-refractivity contribution in [3.63, 3.8) is 0 Å². The van der Waals surface area contributed by atoms with Crippen LogP contribution < -0.4 is 0 Å². The van der Waals surface area contributed by atoms with Crippen molar-refractivity contribution >= 4 is 11.6 Å². The number of hydrogen-bond donors (Lipinski definition) is 0. The molecule has 0 bridgehead atoms. The Bertz CT molecular complexity index is 1650. The Morgan fingerprint density at radius 2 is 0.977 bits per heavy atom. The molecule has 2 aromatic heterocycles. The largest absolute Gasteiger partial charge is 0.290 e. The fourth-order valence-corrected chi connectivity index (χ4v) is 5.78. The zero-order valence-electron chi connectivity index (χ0n) is 22.8. The lowest BCUT2D eigenvalue weighted by Crippen LogP contribution is -2.12. The number of carbonyl (C=O) groups is 2. The Kier molecular flexibility index (Phi) is 6.89. The van der Waals surface area contributed by atoms with Gasteiger partial charge < -0.3 is 0 Å². The van der Waals surface area contributed by atoms with Gasteiger partial charge in [0.15, 0.2) is 24.0 Å². The van der Waals surface area contributed by atoms with Crippen LogP contribution in [0.3, 0.4) is 0 Å². The number of hydrogen-bond acceptors (Lipinski definition) is 6. The average Bonchev–Trinajstić information content (AvgIpc) is 3.64.